The minimum atomic E-state index is -0.842. The summed E-state index contributed by atoms with van der Waals surface area (Å²) in [5.74, 6) is -1.42. The van der Waals surface area contributed by atoms with Crippen LogP contribution in [0.2, 0.25) is 0 Å². The van der Waals surface area contributed by atoms with Crippen LogP contribution in [-0.4, -0.2) is 21.9 Å². The molecule has 1 saturated heterocycles. The van der Waals surface area contributed by atoms with Crippen LogP contribution < -0.4 is 0 Å². The predicted octanol–water partition coefficient (Wildman–Crippen LogP) is 4.55. The number of hydrogen-bond acceptors (Lipinski definition) is 2. The molecule has 0 radical (unpaired) electrons. The van der Waals surface area contributed by atoms with Gasteiger partial charge in [-0.2, -0.15) is 0 Å². The zero-order valence-corrected chi connectivity index (χ0v) is 16.2. The highest BCUT2D eigenvalue weighted by molar-refractivity contribution is 5.81. The van der Waals surface area contributed by atoms with Gasteiger partial charge in [0.2, 0.25) is 5.91 Å². The molecule has 1 aliphatic heterocycles. The van der Waals surface area contributed by atoms with Gasteiger partial charge < -0.3 is 10.0 Å². The van der Waals surface area contributed by atoms with Crippen molar-refractivity contribution in [3.05, 3.63) is 71.3 Å². The smallest absolute Gasteiger partial charge is 0.308 e. The fraction of sp³-hybridized carbons (Fsp3) is 0.391. The van der Waals surface area contributed by atoms with Gasteiger partial charge in [-0.15, -0.1) is 0 Å². The highest BCUT2D eigenvalue weighted by atomic mass is 16.4. The van der Waals surface area contributed by atoms with Crippen LogP contribution >= 0.6 is 0 Å². The number of carbonyl (C=O) groups is 2. The van der Waals surface area contributed by atoms with Crippen molar-refractivity contribution in [2.75, 3.05) is 0 Å². The lowest BCUT2D eigenvalue weighted by Crippen LogP contribution is -2.44. The second-order valence-electron chi connectivity index (χ2n) is 8.31. The van der Waals surface area contributed by atoms with Crippen molar-refractivity contribution < 1.29 is 14.7 Å². The first-order valence-electron chi connectivity index (χ1n) is 9.44. The Bertz CT molecular complexity index is 806. The van der Waals surface area contributed by atoms with Gasteiger partial charge in [0.05, 0.1) is 12.0 Å². The maximum absolute atomic E-state index is 12.7. The van der Waals surface area contributed by atoms with Crippen LogP contribution in [0.15, 0.2) is 54.6 Å². The Hall–Kier alpha value is -2.62. The van der Waals surface area contributed by atoms with E-state index in [9.17, 15) is 14.7 Å². The van der Waals surface area contributed by atoms with E-state index < -0.39 is 17.9 Å². The molecule has 0 unspecified atom stereocenters. The zero-order valence-electron chi connectivity index (χ0n) is 16.2. The van der Waals surface area contributed by atoms with E-state index in [0.717, 1.165) is 11.1 Å². The molecule has 4 heteroatoms. The van der Waals surface area contributed by atoms with Gasteiger partial charge in [0.25, 0.3) is 0 Å². The number of carboxylic acid groups (broad SMARTS) is 1. The third-order valence-corrected chi connectivity index (χ3v) is 5.34. The highest BCUT2D eigenvalue weighted by Gasteiger charge is 2.40. The molecular formula is C23H27NO3. The summed E-state index contributed by atoms with van der Waals surface area (Å²) < 4.78 is 0. The number of carbonyl (C=O) groups excluding carboxylic acids is 1. The molecule has 1 fully saturated rings. The average molecular weight is 365 g/mol. The number of benzene rings is 2. The summed E-state index contributed by atoms with van der Waals surface area (Å²) in [7, 11) is 0. The summed E-state index contributed by atoms with van der Waals surface area (Å²) >= 11 is 0. The number of hydrogen-bond donors (Lipinski definition) is 1. The summed E-state index contributed by atoms with van der Waals surface area (Å²) in [5.41, 5.74) is 3.11. The number of nitrogens with zero attached hydrogens (tertiary/aromatic N) is 1. The van der Waals surface area contributed by atoms with Gasteiger partial charge in [0, 0.05) is 13.0 Å². The van der Waals surface area contributed by atoms with Crippen molar-refractivity contribution in [2.45, 2.75) is 51.6 Å². The molecule has 142 valence electrons. The molecule has 0 saturated carbocycles. The van der Waals surface area contributed by atoms with Crippen LogP contribution in [0.1, 0.15) is 56.3 Å². The second kappa shape index (κ2) is 7.55. The molecule has 1 aliphatic rings. The quantitative estimate of drug-likeness (QED) is 0.865. The summed E-state index contributed by atoms with van der Waals surface area (Å²) in [6.07, 6.45) is 0.658. The van der Waals surface area contributed by atoms with Crippen LogP contribution in [0.5, 0.6) is 0 Å². The molecule has 2 aromatic carbocycles. The molecule has 0 bridgehead atoms. The molecule has 2 atom stereocenters. The lowest BCUT2D eigenvalue weighted by atomic mass is 9.81. The molecule has 1 amide bonds. The lowest BCUT2D eigenvalue weighted by molar-refractivity contribution is -0.152. The Balaban J connectivity index is 1.98. The fourth-order valence-electron chi connectivity index (χ4n) is 3.77. The molecule has 0 aliphatic carbocycles. The van der Waals surface area contributed by atoms with Gasteiger partial charge >= 0.3 is 5.97 Å². The predicted molar refractivity (Wildman–Crippen MR) is 105 cm³/mol. The van der Waals surface area contributed by atoms with E-state index in [0.29, 0.717) is 13.0 Å². The number of rotatable bonds is 4. The Morgan fingerprint density at radius 3 is 2.26 bits per heavy atom. The maximum atomic E-state index is 12.7. The standard InChI is InChI=1S/C23H27NO3/c1-23(2,3)18-11-9-17(10-12-18)21-19(22(26)27)13-14-20(25)24(21)15-16-7-5-4-6-8-16/h4-12,19,21H,13-15H2,1-3H3,(H,26,27)/t19-,21+/m1/s1. The van der Waals surface area contributed by atoms with Crippen LogP contribution in [0.25, 0.3) is 0 Å². The molecule has 1 N–H and O–H groups in total. The Kier molecular flexibility index (Phi) is 5.36. The van der Waals surface area contributed by atoms with Gasteiger partial charge in [-0.25, -0.2) is 0 Å². The van der Waals surface area contributed by atoms with Crippen molar-refractivity contribution in [1.82, 2.24) is 4.90 Å². The van der Waals surface area contributed by atoms with Crippen LogP contribution in [0.4, 0.5) is 0 Å². The average Bonchev–Trinajstić information content (AvgIpc) is 2.63. The minimum absolute atomic E-state index is 0.0150. The fourth-order valence-corrected chi connectivity index (χ4v) is 3.77. The number of piperidine rings is 1. The first-order valence-corrected chi connectivity index (χ1v) is 9.44. The topological polar surface area (TPSA) is 57.6 Å². The maximum Gasteiger partial charge on any atom is 0.308 e. The molecule has 1 heterocycles. The first kappa shape index (κ1) is 19.2. The monoisotopic (exact) mass is 365 g/mol. The van der Waals surface area contributed by atoms with Crippen molar-refractivity contribution in [3.63, 3.8) is 0 Å². The Morgan fingerprint density at radius 1 is 1.07 bits per heavy atom. The van der Waals surface area contributed by atoms with Crippen LogP contribution in [0.3, 0.4) is 0 Å². The van der Waals surface area contributed by atoms with Crippen molar-refractivity contribution in [2.24, 2.45) is 5.92 Å². The highest BCUT2D eigenvalue weighted by Crippen LogP contribution is 2.38. The third-order valence-electron chi connectivity index (χ3n) is 5.34. The third kappa shape index (κ3) is 4.21. The Morgan fingerprint density at radius 2 is 1.70 bits per heavy atom. The van der Waals surface area contributed by atoms with E-state index in [2.05, 4.69) is 20.8 Å². The molecule has 3 rings (SSSR count). The Labute approximate surface area is 160 Å². The summed E-state index contributed by atoms with van der Waals surface area (Å²) in [6.45, 7) is 6.87. The van der Waals surface area contributed by atoms with E-state index in [4.69, 9.17) is 0 Å². The molecule has 2 aromatic rings. The van der Waals surface area contributed by atoms with E-state index in [1.54, 1.807) is 4.90 Å². The van der Waals surface area contributed by atoms with E-state index >= 15 is 0 Å². The summed E-state index contributed by atoms with van der Waals surface area (Å²) in [6, 6.07) is 17.4. The number of aliphatic carboxylic acids is 1. The van der Waals surface area contributed by atoms with Crippen molar-refractivity contribution in [1.29, 1.82) is 0 Å². The number of amides is 1. The largest absolute Gasteiger partial charge is 0.481 e. The summed E-state index contributed by atoms with van der Waals surface area (Å²) in [4.78, 5) is 26.4. The van der Waals surface area contributed by atoms with Crippen molar-refractivity contribution in [3.8, 4) is 0 Å². The second-order valence-corrected chi connectivity index (χ2v) is 8.31. The van der Waals surface area contributed by atoms with Gasteiger partial charge in [0.1, 0.15) is 0 Å². The van der Waals surface area contributed by atoms with E-state index in [1.165, 1.54) is 5.56 Å². The van der Waals surface area contributed by atoms with Gasteiger partial charge in [-0.1, -0.05) is 75.4 Å². The zero-order chi connectivity index (χ0) is 19.6. The minimum Gasteiger partial charge on any atom is -0.481 e. The van der Waals surface area contributed by atoms with Gasteiger partial charge in [-0.3, -0.25) is 9.59 Å². The van der Waals surface area contributed by atoms with Crippen LogP contribution in [-0.2, 0) is 21.5 Å². The summed E-state index contributed by atoms with van der Waals surface area (Å²) in [5, 5.41) is 9.79. The SMILES string of the molecule is CC(C)(C)c1ccc([C@H]2[C@H](C(=O)O)CCC(=O)N2Cc2ccccc2)cc1. The lowest BCUT2D eigenvalue weighted by Gasteiger charge is -2.40. The normalized spacial score (nSPS) is 20.6. The molecule has 27 heavy (non-hydrogen) atoms. The molecule has 0 spiro atoms. The number of carboxylic acids is 1. The molecule has 0 aromatic heterocycles. The molecule has 4 nitrogen and oxygen atoms in total. The first-order chi connectivity index (χ1) is 12.8. The van der Waals surface area contributed by atoms with Gasteiger partial charge in [0.15, 0.2) is 0 Å². The van der Waals surface area contributed by atoms with E-state index in [1.807, 2.05) is 54.6 Å². The van der Waals surface area contributed by atoms with E-state index in [-0.39, 0.29) is 17.7 Å². The van der Waals surface area contributed by atoms with Crippen LogP contribution in [0, 0.1) is 5.92 Å². The van der Waals surface area contributed by atoms with Crippen molar-refractivity contribution >= 4 is 11.9 Å². The molecular weight excluding hydrogens is 338 g/mol. The number of likely N-dealkylation sites (tertiary alicyclic amines) is 1. The van der Waals surface area contributed by atoms with Gasteiger partial charge in [-0.05, 0) is 28.5 Å².